The minimum atomic E-state index is 0.284. The second kappa shape index (κ2) is 3.88. The molecule has 10 heavy (non-hydrogen) atoms. The van der Waals surface area contributed by atoms with E-state index in [9.17, 15) is 0 Å². The largest absolute Gasteiger partial charge is 0.375 e. The fourth-order valence-electron chi connectivity index (χ4n) is 0.976. The number of nitrogens with one attached hydrogen (secondary N) is 3. The van der Waals surface area contributed by atoms with Crippen molar-refractivity contribution in [3.8, 4) is 0 Å². The molecule has 60 valence electrons. The number of hydrogen-bond donors (Lipinski definition) is 3. The minimum Gasteiger partial charge on any atom is -0.375 e. The van der Waals surface area contributed by atoms with Crippen molar-refractivity contribution in [2.75, 3.05) is 27.3 Å². The van der Waals surface area contributed by atoms with Gasteiger partial charge in [-0.15, -0.1) is 0 Å². The van der Waals surface area contributed by atoms with Crippen molar-refractivity contribution in [1.82, 2.24) is 16.0 Å². The number of rotatable bonds is 2. The fourth-order valence-corrected chi connectivity index (χ4v) is 0.976. The molecule has 3 N–H and O–H groups in total. The molecule has 1 saturated heterocycles. The zero-order valence-corrected chi connectivity index (χ0v) is 6.48. The van der Waals surface area contributed by atoms with Gasteiger partial charge in [-0.2, -0.15) is 0 Å². The zero-order valence-electron chi connectivity index (χ0n) is 6.48. The van der Waals surface area contributed by atoms with E-state index in [4.69, 9.17) is 4.74 Å². The van der Waals surface area contributed by atoms with Crippen molar-refractivity contribution >= 4 is 0 Å². The predicted molar refractivity (Wildman–Crippen MR) is 39.7 cm³/mol. The quantitative estimate of drug-likeness (QED) is 0.452. The molecule has 1 aliphatic heterocycles. The van der Waals surface area contributed by atoms with Crippen molar-refractivity contribution in [2.45, 2.75) is 12.3 Å². The lowest BCUT2D eigenvalue weighted by Gasteiger charge is -2.30. The SMILES string of the molecule is CNC1COCC(NC)N1. The average Bonchev–Trinajstić information content (AvgIpc) is 2.05. The Balaban J connectivity index is 2.25. The second-order valence-corrected chi connectivity index (χ2v) is 2.39. The molecule has 0 aromatic carbocycles. The van der Waals surface area contributed by atoms with E-state index in [-0.39, 0.29) is 12.3 Å². The van der Waals surface area contributed by atoms with Crippen LogP contribution >= 0.6 is 0 Å². The summed E-state index contributed by atoms with van der Waals surface area (Å²) in [6.07, 6.45) is 0.567. The molecule has 1 heterocycles. The molecule has 1 rings (SSSR count). The van der Waals surface area contributed by atoms with Gasteiger partial charge in [0.05, 0.1) is 25.5 Å². The highest BCUT2D eigenvalue weighted by atomic mass is 16.5. The van der Waals surface area contributed by atoms with Gasteiger partial charge in [0.1, 0.15) is 0 Å². The van der Waals surface area contributed by atoms with Gasteiger partial charge in [-0.05, 0) is 14.1 Å². The lowest BCUT2D eigenvalue weighted by atomic mass is 10.4. The summed E-state index contributed by atoms with van der Waals surface area (Å²) in [6.45, 7) is 1.49. The van der Waals surface area contributed by atoms with Crippen molar-refractivity contribution in [3.63, 3.8) is 0 Å². The van der Waals surface area contributed by atoms with Crippen molar-refractivity contribution in [2.24, 2.45) is 0 Å². The summed E-state index contributed by atoms with van der Waals surface area (Å²) in [7, 11) is 3.83. The molecule has 1 aliphatic rings. The van der Waals surface area contributed by atoms with E-state index >= 15 is 0 Å². The summed E-state index contributed by atoms with van der Waals surface area (Å²) in [6, 6.07) is 0. The third kappa shape index (κ3) is 1.91. The molecule has 0 bridgehead atoms. The third-order valence-corrected chi connectivity index (χ3v) is 1.67. The number of morpholine rings is 1. The fraction of sp³-hybridized carbons (Fsp3) is 1.00. The monoisotopic (exact) mass is 145 g/mol. The summed E-state index contributed by atoms with van der Waals surface area (Å²) in [5.74, 6) is 0. The van der Waals surface area contributed by atoms with Crippen molar-refractivity contribution < 1.29 is 4.74 Å². The number of ether oxygens (including phenoxy) is 1. The van der Waals surface area contributed by atoms with Gasteiger partial charge >= 0.3 is 0 Å². The molecule has 4 heteroatoms. The van der Waals surface area contributed by atoms with Crippen molar-refractivity contribution in [1.29, 1.82) is 0 Å². The molecule has 2 atom stereocenters. The average molecular weight is 145 g/mol. The highest BCUT2D eigenvalue weighted by molar-refractivity contribution is 4.72. The normalized spacial score (nSPS) is 34.2. The van der Waals surface area contributed by atoms with E-state index in [2.05, 4.69) is 16.0 Å². The number of hydrogen-bond acceptors (Lipinski definition) is 4. The van der Waals surface area contributed by atoms with Crippen LogP contribution in [-0.4, -0.2) is 39.6 Å². The van der Waals surface area contributed by atoms with Crippen LogP contribution in [0.15, 0.2) is 0 Å². The maximum Gasteiger partial charge on any atom is 0.0823 e. The van der Waals surface area contributed by atoms with E-state index in [1.165, 1.54) is 0 Å². The Morgan fingerprint density at radius 1 is 1.20 bits per heavy atom. The predicted octanol–water partition coefficient (Wildman–Crippen LogP) is -1.30. The number of likely N-dealkylation sites (N-methyl/N-ethyl adjacent to an activating group) is 2. The van der Waals surface area contributed by atoms with E-state index in [1.54, 1.807) is 0 Å². The smallest absolute Gasteiger partial charge is 0.0823 e. The molecule has 0 aliphatic carbocycles. The second-order valence-electron chi connectivity index (χ2n) is 2.39. The van der Waals surface area contributed by atoms with Gasteiger partial charge in [0.25, 0.3) is 0 Å². The summed E-state index contributed by atoms with van der Waals surface area (Å²) >= 11 is 0. The lowest BCUT2D eigenvalue weighted by molar-refractivity contribution is 0.0302. The molecule has 0 amide bonds. The van der Waals surface area contributed by atoms with Crippen LogP contribution in [0.5, 0.6) is 0 Å². The highest BCUT2D eigenvalue weighted by Crippen LogP contribution is 1.92. The molecule has 0 radical (unpaired) electrons. The summed E-state index contributed by atoms with van der Waals surface area (Å²) in [5.41, 5.74) is 0. The zero-order chi connectivity index (χ0) is 7.40. The van der Waals surface area contributed by atoms with Gasteiger partial charge in [-0.1, -0.05) is 0 Å². The van der Waals surface area contributed by atoms with Crippen LogP contribution in [0.1, 0.15) is 0 Å². The summed E-state index contributed by atoms with van der Waals surface area (Å²) in [4.78, 5) is 0. The van der Waals surface area contributed by atoms with Crippen LogP contribution in [0.3, 0.4) is 0 Å². The van der Waals surface area contributed by atoms with Crippen LogP contribution in [0.4, 0.5) is 0 Å². The van der Waals surface area contributed by atoms with Gasteiger partial charge in [-0.25, -0.2) is 0 Å². The molecule has 0 aromatic rings. The molecule has 0 spiro atoms. The Labute approximate surface area is 61.3 Å². The lowest BCUT2D eigenvalue weighted by Crippen LogP contribution is -2.59. The van der Waals surface area contributed by atoms with Gasteiger partial charge in [0.2, 0.25) is 0 Å². The molecule has 2 unspecified atom stereocenters. The summed E-state index contributed by atoms with van der Waals surface area (Å²) < 4.78 is 5.29. The van der Waals surface area contributed by atoms with Gasteiger partial charge in [0, 0.05) is 0 Å². The van der Waals surface area contributed by atoms with Crippen LogP contribution in [0.2, 0.25) is 0 Å². The van der Waals surface area contributed by atoms with Gasteiger partial charge < -0.3 is 15.4 Å². The first-order valence-corrected chi connectivity index (χ1v) is 3.55. The highest BCUT2D eigenvalue weighted by Gasteiger charge is 2.17. The molecular weight excluding hydrogens is 130 g/mol. The first kappa shape index (κ1) is 7.94. The Kier molecular flexibility index (Phi) is 3.08. The first-order valence-electron chi connectivity index (χ1n) is 3.55. The topological polar surface area (TPSA) is 45.3 Å². The molecule has 4 nitrogen and oxygen atoms in total. The van der Waals surface area contributed by atoms with Crippen LogP contribution in [0, 0.1) is 0 Å². The van der Waals surface area contributed by atoms with Crippen LogP contribution in [-0.2, 0) is 4.74 Å². The van der Waals surface area contributed by atoms with E-state index in [0.717, 1.165) is 13.2 Å². The Bertz CT molecular complexity index is 89.0. The maximum absolute atomic E-state index is 5.29. The van der Waals surface area contributed by atoms with Gasteiger partial charge in [0.15, 0.2) is 0 Å². The molecule has 0 saturated carbocycles. The molecule has 0 aromatic heterocycles. The van der Waals surface area contributed by atoms with Gasteiger partial charge in [-0.3, -0.25) is 5.32 Å². The molecular formula is C6H15N3O. The van der Waals surface area contributed by atoms with Crippen LogP contribution < -0.4 is 16.0 Å². The van der Waals surface area contributed by atoms with E-state index < -0.39 is 0 Å². The Morgan fingerprint density at radius 2 is 1.70 bits per heavy atom. The third-order valence-electron chi connectivity index (χ3n) is 1.67. The standard InChI is InChI=1S/C6H15N3O/c1-7-5-3-10-4-6(8-2)9-5/h5-9H,3-4H2,1-2H3. The maximum atomic E-state index is 5.29. The van der Waals surface area contributed by atoms with Crippen LogP contribution in [0.25, 0.3) is 0 Å². The summed E-state index contributed by atoms with van der Waals surface area (Å²) in [5, 5.41) is 9.49. The Hall–Kier alpha value is -0.160. The van der Waals surface area contributed by atoms with E-state index in [1.807, 2.05) is 14.1 Å². The Morgan fingerprint density at radius 3 is 2.10 bits per heavy atom. The minimum absolute atomic E-state index is 0.284. The van der Waals surface area contributed by atoms with E-state index in [0.29, 0.717) is 0 Å². The first-order chi connectivity index (χ1) is 4.86. The van der Waals surface area contributed by atoms with Crippen molar-refractivity contribution in [3.05, 3.63) is 0 Å². The molecule has 1 fully saturated rings.